The number of nitrogens with zero attached hydrogens (tertiary/aromatic N) is 1. The quantitative estimate of drug-likeness (QED) is 0.727. The van der Waals surface area contributed by atoms with Crippen molar-refractivity contribution in [2.45, 2.75) is 30.6 Å². The van der Waals surface area contributed by atoms with Gasteiger partial charge in [0.1, 0.15) is 0 Å². The maximum Gasteiger partial charge on any atom is 0.223 e. The van der Waals surface area contributed by atoms with E-state index in [1.54, 1.807) is 11.8 Å². The zero-order valence-corrected chi connectivity index (χ0v) is 16.0. The molecule has 0 aliphatic carbocycles. The van der Waals surface area contributed by atoms with Gasteiger partial charge in [-0.3, -0.25) is 4.79 Å². The summed E-state index contributed by atoms with van der Waals surface area (Å²) in [6.45, 7) is 2.94. The van der Waals surface area contributed by atoms with Gasteiger partial charge in [0.25, 0.3) is 0 Å². The molecule has 0 spiro atoms. The molecular formula is C17H26Cl2N2OS. The van der Waals surface area contributed by atoms with Crippen LogP contribution in [0.4, 0.5) is 0 Å². The van der Waals surface area contributed by atoms with Crippen LogP contribution in [-0.4, -0.2) is 43.2 Å². The molecule has 1 aliphatic heterocycles. The third-order valence-electron chi connectivity index (χ3n) is 4.17. The summed E-state index contributed by atoms with van der Waals surface area (Å²) in [7, 11) is 2.00. The summed E-state index contributed by atoms with van der Waals surface area (Å²) in [5.74, 6) is 1.91. The molecule has 0 unspecified atom stereocenters. The lowest BCUT2D eigenvalue weighted by atomic mass is 9.93. The number of carbonyl (C=O) groups is 1. The van der Waals surface area contributed by atoms with Crippen LogP contribution < -0.4 is 5.32 Å². The highest BCUT2D eigenvalue weighted by atomic mass is 35.5. The summed E-state index contributed by atoms with van der Waals surface area (Å²) in [5, 5.41) is 3.96. The molecule has 1 aromatic carbocycles. The van der Waals surface area contributed by atoms with Crippen LogP contribution in [0.1, 0.15) is 25.7 Å². The second kappa shape index (κ2) is 11.2. The number of thioether (sulfide) groups is 1. The Morgan fingerprint density at radius 2 is 1.96 bits per heavy atom. The Balaban J connectivity index is 0.00000264. The summed E-state index contributed by atoms with van der Waals surface area (Å²) in [6.07, 6.45) is 4.15. The van der Waals surface area contributed by atoms with Crippen molar-refractivity contribution in [3.05, 3.63) is 29.3 Å². The Hall–Kier alpha value is -0.420. The molecule has 23 heavy (non-hydrogen) atoms. The van der Waals surface area contributed by atoms with E-state index in [0.29, 0.717) is 12.3 Å². The summed E-state index contributed by atoms with van der Waals surface area (Å²) in [6, 6.07) is 7.79. The molecule has 130 valence electrons. The Kier molecular flexibility index (Phi) is 10.0. The van der Waals surface area contributed by atoms with Gasteiger partial charge in [0, 0.05) is 35.2 Å². The number of rotatable bonds is 7. The average molecular weight is 377 g/mol. The van der Waals surface area contributed by atoms with E-state index in [4.69, 9.17) is 11.6 Å². The number of hydrogen-bond acceptors (Lipinski definition) is 3. The number of amides is 1. The third kappa shape index (κ3) is 7.34. The molecule has 1 aromatic rings. The van der Waals surface area contributed by atoms with Gasteiger partial charge in [-0.1, -0.05) is 11.6 Å². The smallest absolute Gasteiger partial charge is 0.223 e. The van der Waals surface area contributed by atoms with Crippen molar-refractivity contribution in [1.29, 1.82) is 0 Å². The number of benzene rings is 1. The van der Waals surface area contributed by atoms with Crippen LogP contribution in [0.5, 0.6) is 0 Å². The summed E-state index contributed by atoms with van der Waals surface area (Å²) >= 11 is 7.59. The molecule has 0 aromatic heterocycles. The molecule has 2 rings (SSSR count). The van der Waals surface area contributed by atoms with Crippen molar-refractivity contribution in [3.8, 4) is 0 Å². The molecule has 0 radical (unpaired) electrons. The minimum absolute atomic E-state index is 0. The summed E-state index contributed by atoms with van der Waals surface area (Å²) in [5.41, 5.74) is 0. The van der Waals surface area contributed by atoms with Crippen molar-refractivity contribution >= 4 is 41.7 Å². The Labute approximate surface area is 154 Å². The first kappa shape index (κ1) is 20.6. The maximum absolute atomic E-state index is 12.2. The molecule has 0 atom stereocenters. The topological polar surface area (TPSA) is 32.3 Å². The fraction of sp³-hybridized carbons (Fsp3) is 0.588. The number of carbonyl (C=O) groups excluding carboxylic acids is 1. The van der Waals surface area contributed by atoms with Crippen molar-refractivity contribution in [2.75, 3.05) is 32.4 Å². The summed E-state index contributed by atoms with van der Waals surface area (Å²) in [4.78, 5) is 15.5. The molecule has 1 saturated heterocycles. The van der Waals surface area contributed by atoms with E-state index < -0.39 is 0 Å². The predicted octanol–water partition coefficient (Wildman–Crippen LogP) is 4.09. The van der Waals surface area contributed by atoms with Gasteiger partial charge in [-0.25, -0.2) is 0 Å². The third-order valence-corrected chi connectivity index (χ3v) is 5.43. The van der Waals surface area contributed by atoms with E-state index in [-0.39, 0.29) is 12.4 Å². The predicted molar refractivity (Wildman–Crippen MR) is 102 cm³/mol. The zero-order chi connectivity index (χ0) is 15.8. The number of halogens is 2. The maximum atomic E-state index is 12.2. The molecule has 1 aliphatic rings. The fourth-order valence-electron chi connectivity index (χ4n) is 2.76. The van der Waals surface area contributed by atoms with Crippen LogP contribution in [0.15, 0.2) is 29.2 Å². The van der Waals surface area contributed by atoms with E-state index in [9.17, 15) is 4.79 Å². The van der Waals surface area contributed by atoms with Gasteiger partial charge in [-0.05, 0) is 63.0 Å². The Morgan fingerprint density at radius 3 is 2.57 bits per heavy atom. The highest BCUT2D eigenvalue weighted by Gasteiger charge is 2.21. The van der Waals surface area contributed by atoms with Crippen LogP contribution in [-0.2, 0) is 4.79 Å². The fourth-order valence-corrected chi connectivity index (χ4v) is 3.73. The average Bonchev–Trinajstić information content (AvgIpc) is 2.55. The van der Waals surface area contributed by atoms with Gasteiger partial charge < -0.3 is 10.2 Å². The number of hydrogen-bond donors (Lipinski definition) is 1. The molecule has 1 amide bonds. The van der Waals surface area contributed by atoms with Gasteiger partial charge in [0.15, 0.2) is 0 Å². The van der Waals surface area contributed by atoms with Gasteiger partial charge in [-0.2, -0.15) is 0 Å². The number of nitrogens with one attached hydrogen (secondary N) is 1. The normalized spacial score (nSPS) is 15.3. The van der Waals surface area contributed by atoms with E-state index in [0.717, 1.165) is 49.2 Å². The minimum Gasteiger partial charge on any atom is -0.343 e. The standard InChI is InChI=1S/C17H25ClN2OS.ClH/c1-19-10-6-14-7-11-20(12-8-14)17(21)9-13-22-16-4-2-15(18)3-5-16;/h2-5,14,19H,6-13H2,1H3;1H. The van der Waals surface area contributed by atoms with E-state index >= 15 is 0 Å². The Morgan fingerprint density at radius 1 is 1.30 bits per heavy atom. The van der Waals surface area contributed by atoms with Crippen LogP contribution in [0.2, 0.25) is 5.02 Å². The van der Waals surface area contributed by atoms with Crippen LogP contribution in [0.25, 0.3) is 0 Å². The molecular weight excluding hydrogens is 351 g/mol. The molecule has 6 heteroatoms. The molecule has 0 bridgehead atoms. The SMILES string of the molecule is CNCCC1CCN(C(=O)CCSc2ccc(Cl)cc2)CC1.Cl. The first-order chi connectivity index (χ1) is 10.7. The van der Waals surface area contributed by atoms with Crippen molar-refractivity contribution in [3.63, 3.8) is 0 Å². The lowest BCUT2D eigenvalue weighted by molar-refractivity contribution is -0.132. The Bertz CT molecular complexity index is 462. The van der Waals surface area contributed by atoms with E-state index in [1.807, 2.05) is 36.2 Å². The monoisotopic (exact) mass is 376 g/mol. The van der Waals surface area contributed by atoms with Gasteiger partial charge in [0.2, 0.25) is 5.91 Å². The second-order valence-electron chi connectivity index (χ2n) is 5.77. The van der Waals surface area contributed by atoms with Gasteiger partial charge in [0.05, 0.1) is 0 Å². The lowest BCUT2D eigenvalue weighted by Gasteiger charge is -2.32. The molecule has 1 fully saturated rings. The van der Waals surface area contributed by atoms with E-state index in [2.05, 4.69) is 5.32 Å². The summed E-state index contributed by atoms with van der Waals surface area (Å²) < 4.78 is 0. The first-order valence-electron chi connectivity index (χ1n) is 8.00. The highest BCUT2D eigenvalue weighted by molar-refractivity contribution is 7.99. The highest BCUT2D eigenvalue weighted by Crippen LogP contribution is 2.23. The molecule has 1 heterocycles. The van der Waals surface area contributed by atoms with E-state index in [1.165, 1.54) is 11.3 Å². The zero-order valence-electron chi connectivity index (χ0n) is 13.6. The van der Waals surface area contributed by atoms with Gasteiger partial charge >= 0.3 is 0 Å². The van der Waals surface area contributed by atoms with Crippen molar-refractivity contribution < 1.29 is 4.79 Å². The minimum atomic E-state index is 0. The van der Waals surface area contributed by atoms with Crippen LogP contribution in [0.3, 0.4) is 0 Å². The van der Waals surface area contributed by atoms with Crippen LogP contribution in [0, 0.1) is 5.92 Å². The molecule has 3 nitrogen and oxygen atoms in total. The second-order valence-corrected chi connectivity index (χ2v) is 7.37. The number of likely N-dealkylation sites (tertiary alicyclic amines) is 1. The first-order valence-corrected chi connectivity index (χ1v) is 9.36. The van der Waals surface area contributed by atoms with Crippen molar-refractivity contribution in [2.24, 2.45) is 5.92 Å². The van der Waals surface area contributed by atoms with Crippen molar-refractivity contribution in [1.82, 2.24) is 10.2 Å². The largest absolute Gasteiger partial charge is 0.343 e. The number of piperidine rings is 1. The lowest BCUT2D eigenvalue weighted by Crippen LogP contribution is -2.39. The molecule has 0 saturated carbocycles. The molecule has 1 N–H and O–H groups in total. The van der Waals surface area contributed by atoms with Gasteiger partial charge in [-0.15, -0.1) is 24.2 Å². The van der Waals surface area contributed by atoms with Crippen LogP contribution >= 0.6 is 35.8 Å².